The van der Waals surface area contributed by atoms with Crippen LogP contribution in [-0.4, -0.2) is 61.5 Å². The quantitative estimate of drug-likeness (QED) is 0.736. The van der Waals surface area contributed by atoms with Crippen molar-refractivity contribution in [2.75, 3.05) is 33.9 Å². The van der Waals surface area contributed by atoms with Crippen LogP contribution in [0.5, 0.6) is 11.5 Å². The summed E-state index contributed by atoms with van der Waals surface area (Å²) in [7, 11) is 3.22. The second-order valence-electron chi connectivity index (χ2n) is 7.36. The Morgan fingerprint density at radius 3 is 2.70 bits per heavy atom. The minimum absolute atomic E-state index is 0.135. The molecule has 2 amide bonds. The number of carbonyl (C=O) groups excluding carboxylic acids is 2. The summed E-state index contributed by atoms with van der Waals surface area (Å²) in [6.45, 7) is 2.43. The van der Waals surface area contributed by atoms with Crippen LogP contribution in [0.15, 0.2) is 18.2 Å². The first-order valence-corrected chi connectivity index (χ1v) is 9.90. The van der Waals surface area contributed by atoms with Gasteiger partial charge in [-0.15, -0.1) is 0 Å². The van der Waals surface area contributed by atoms with E-state index in [0.717, 1.165) is 57.3 Å². The normalized spacial score (nSPS) is 20.1. The summed E-state index contributed by atoms with van der Waals surface area (Å²) in [5.74, 6) is 1.79. The molecule has 0 spiro atoms. The third-order valence-electron chi connectivity index (χ3n) is 5.69. The number of carbonyl (C=O) groups is 2. The van der Waals surface area contributed by atoms with Gasteiger partial charge in [-0.3, -0.25) is 9.59 Å². The number of ether oxygens (including phenoxy) is 2. The van der Waals surface area contributed by atoms with Gasteiger partial charge in [0.2, 0.25) is 11.8 Å². The standard InChI is InChI=1S/C21H30N2O4/c1-26-18-9-8-16(19(15-18)27-2)14-21(25)23-12-4-3-6-17(23)10-13-22-11-5-7-20(22)24/h8-9,15,17H,3-7,10-14H2,1-2H3/t17-/m1/s1. The average Bonchev–Trinajstić information content (AvgIpc) is 3.11. The van der Waals surface area contributed by atoms with E-state index in [0.29, 0.717) is 24.3 Å². The fourth-order valence-corrected chi connectivity index (χ4v) is 4.14. The van der Waals surface area contributed by atoms with Gasteiger partial charge in [0.1, 0.15) is 11.5 Å². The van der Waals surface area contributed by atoms with E-state index >= 15 is 0 Å². The largest absolute Gasteiger partial charge is 0.497 e. The van der Waals surface area contributed by atoms with Gasteiger partial charge in [-0.05, 0) is 38.2 Å². The van der Waals surface area contributed by atoms with E-state index in [1.807, 2.05) is 28.0 Å². The second kappa shape index (κ2) is 9.11. The molecule has 2 saturated heterocycles. The number of rotatable bonds is 7. The number of hydrogen-bond acceptors (Lipinski definition) is 4. The summed E-state index contributed by atoms with van der Waals surface area (Å²) < 4.78 is 10.7. The molecular formula is C21H30N2O4. The van der Waals surface area contributed by atoms with Crippen molar-refractivity contribution in [2.24, 2.45) is 0 Å². The summed E-state index contributed by atoms with van der Waals surface area (Å²) in [6, 6.07) is 5.80. The lowest BCUT2D eigenvalue weighted by molar-refractivity contribution is -0.134. The van der Waals surface area contributed by atoms with Gasteiger partial charge in [-0.1, -0.05) is 6.07 Å². The Bertz CT molecular complexity index is 676. The predicted molar refractivity (Wildman–Crippen MR) is 103 cm³/mol. The number of methoxy groups -OCH3 is 2. The summed E-state index contributed by atoms with van der Waals surface area (Å²) in [4.78, 5) is 28.8. The highest BCUT2D eigenvalue weighted by Crippen LogP contribution is 2.27. The van der Waals surface area contributed by atoms with Gasteiger partial charge >= 0.3 is 0 Å². The molecule has 3 rings (SSSR count). The minimum atomic E-state index is 0.135. The summed E-state index contributed by atoms with van der Waals surface area (Å²) in [5.41, 5.74) is 0.877. The lowest BCUT2D eigenvalue weighted by Gasteiger charge is -2.37. The first-order valence-electron chi connectivity index (χ1n) is 9.90. The van der Waals surface area contributed by atoms with Crippen molar-refractivity contribution in [3.8, 4) is 11.5 Å². The minimum Gasteiger partial charge on any atom is -0.497 e. The zero-order valence-electron chi connectivity index (χ0n) is 16.4. The van der Waals surface area contributed by atoms with Crippen LogP contribution < -0.4 is 9.47 Å². The Morgan fingerprint density at radius 1 is 1.15 bits per heavy atom. The van der Waals surface area contributed by atoms with Gasteiger partial charge in [0, 0.05) is 43.7 Å². The highest BCUT2D eigenvalue weighted by Gasteiger charge is 2.29. The lowest BCUT2D eigenvalue weighted by atomic mass is 9.97. The molecule has 0 N–H and O–H groups in total. The van der Waals surface area contributed by atoms with Crippen molar-refractivity contribution in [3.63, 3.8) is 0 Å². The van der Waals surface area contributed by atoms with E-state index in [1.54, 1.807) is 14.2 Å². The second-order valence-corrected chi connectivity index (χ2v) is 7.36. The Morgan fingerprint density at radius 2 is 2.00 bits per heavy atom. The van der Waals surface area contributed by atoms with Crippen LogP contribution in [0.25, 0.3) is 0 Å². The third-order valence-corrected chi connectivity index (χ3v) is 5.69. The molecule has 0 aromatic heterocycles. The maximum Gasteiger partial charge on any atom is 0.227 e. The van der Waals surface area contributed by atoms with Crippen molar-refractivity contribution >= 4 is 11.8 Å². The van der Waals surface area contributed by atoms with Gasteiger partial charge in [0.05, 0.1) is 20.6 Å². The van der Waals surface area contributed by atoms with Crippen LogP contribution in [0.4, 0.5) is 0 Å². The molecule has 1 atom stereocenters. The molecule has 0 aliphatic carbocycles. The maximum absolute atomic E-state index is 13.0. The van der Waals surface area contributed by atoms with Crippen LogP contribution in [0.3, 0.4) is 0 Å². The molecule has 0 unspecified atom stereocenters. The molecule has 148 valence electrons. The summed E-state index contributed by atoms with van der Waals surface area (Å²) in [5, 5.41) is 0. The fraction of sp³-hybridized carbons (Fsp3) is 0.619. The Kier molecular flexibility index (Phi) is 6.58. The molecule has 1 aromatic rings. The molecule has 6 nitrogen and oxygen atoms in total. The summed E-state index contributed by atoms with van der Waals surface area (Å²) in [6.07, 6.45) is 6.05. The van der Waals surface area contributed by atoms with E-state index in [4.69, 9.17) is 9.47 Å². The van der Waals surface area contributed by atoms with Gasteiger partial charge in [-0.25, -0.2) is 0 Å². The van der Waals surface area contributed by atoms with Crippen molar-refractivity contribution in [1.29, 1.82) is 0 Å². The van der Waals surface area contributed by atoms with E-state index in [2.05, 4.69) is 0 Å². The van der Waals surface area contributed by atoms with Crippen LogP contribution in [0, 0.1) is 0 Å². The van der Waals surface area contributed by atoms with Crippen LogP contribution in [0.1, 0.15) is 44.1 Å². The number of amides is 2. The van der Waals surface area contributed by atoms with E-state index in [-0.39, 0.29) is 17.9 Å². The van der Waals surface area contributed by atoms with Crippen LogP contribution in [0.2, 0.25) is 0 Å². The highest BCUT2D eigenvalue weighted by atomic mass is 16.5. The molecule has 0 bridgehead atoms. The lowest BCUT2D eigenvalue weighted by Crippen LogP contribution is -2.46. The molecule has 0 saturated carbocycles. The van der Waals surface area contributed by atoms with Gasteiger partial charge in [0.15, 0.2) is 0 Å². The SMILES string of the molecule is COc1ccc(CC(=O)N2CCCC[C@@H]2CCN2CCCC2=O)c(OC)c1. The highest BCUT2D eigenvalue weighted by molar-refractivity contribution is 5.80. The van der Waals surface area contributed by atoms with E-state index in [9.17, 15) is 9.59 Å². The number of likely N-dealkylation sites (tertiary alicyclic amines) is 2. The zero-order valence-corrected chi connectivity index (χ0v) is 16.4. The van der Waals surface area contributed by atoms with Gasteiger partial charge < -0.3 is 19.3 Å². The van der Waals surface area contributed by atoms with Gasteiger partial charge in [0.25, 0.3) is 0 Å². The fourth-order valence-electron chi connectivity index (χ4n) is 4.14. The number of nitrogens with zero attached hydrogens (tertiary/aromatic N) is 2. The van der Waals surface area contributed by atoms with Crippen LogP contribution in [-0.2, 0) is 16.0 Å². The van der Waals surface area contributed by atoms with E-state index < -0.39 is 0 Å². The molecule has 1 aromatic carbocycles. The van der Waals surface area contributed by atoms with Crippen molar-refractivity contribution in [1.82, 2.24) is 9.80 Å². The summed E-state index contributed by atoms with van der Waals surface area (Å²) >= 11 is 0. The molecule has 6 heteroatoms. The first kappa shape index (κ1) is 19.5. The zero-order chi connectivity index (χ0) is 19.2. The van der Waals surface area contributed by atoms with Crippen molar-refractivity contribution in [3.05, 3.63) is 23.8 Å². The maximum atomic E-state index is 13.0. The third kappa shape index (κ3) is 4.73. The first-order chi connectivity index (χ1) is 13.1. The average molecular weight is 374 g/mol. The molecule has 2 heterocycles. The number of piperidine rings is 1. The predicted octanol–water partition coefficient (Wildman–Crippen LogP) is 2.64. The molecule has 2 fully saturated rings. The number of hydrogen-bond donors (Lipinski definition) is 0. The monoisotopic (exact) mass is 374 g/mol. The van der Waals surface area contributed by atoms with Crippen LogP contribution >= 0.6 is 0 Å². The Balaban J connectivity index is 1.63. The van der Waals surface area contributed by atoms with Crippen molar-refractivity contribution in [2.45, 2.75) is 51.0 Å². The van der Waals surface area contributed by atoms with Crippen molar-refractivity contribution < 1.29 is 19.1 Å². The molecule has 0 radical (unpaired) electrons. The molecule has 2 aliphatic rings. The topological polar surface area (TPSA) is 59.1 Å². The molecule has 27 heavy (non-hydrogen) atoms. The van der Waals surface area contributed by atoms with Gasteiger partial charge in [-0.2, -0.15) is 0 Å². The smallest absolute Gasteiger partial charge is 0.227 e. The Labute approximate surface area is 161 Å². The van der Waals surface area contributed by atoms with E-state index in [1.165, 1.54) is 0 Å². The molecular weight excluding hydrogens is 344 g/mol. The number of benzene rings is 1. The molecule has 2 aliphatic heterocycles. The Hall–Kier alpha value is -2.24.